The molecule has 0 bridgehead atoms. The molecular formula is C25H30F3N7. The van der Waals surface area contributed by atoms with Gasteiger partial charge in [-0.05, 0) is 31.0 Å². The molecule has 0 aliphatic heterocycles. The Hall–Kier alpha value is -3.82. The van der Waals surface area contributed by atoms with Crippen LogP contribution in [0.15, 0.2) is 56.1 Å². The van der Waals surface area contributed by atoms with Crippen molar-refractivity contribution in [3.63, 3.8) is 0 Å². The van der Waals surface area contributed by atoms with Crippen molar-refractivity contribution in [2.24, 2.45) is 0 Å². The number of pyridine rings is 2. The molecular weight excluding hydrogens is 455 g/mol. The van der Waals surface area contributed by atoms with Crippen LogP contribution >= 0.6 is 0 Å². The van der Waals surface area contributed by atoms with Crippen molar-refractivity contribution in [2.45, 2.75) is 39.3 Å². The van der Waals surface area contributed by atoms with E-state index in [9.17, 15) is 13.2 Å². The zero-order valence-corrected chi connectivity index (χ0v) is 19.9. The molecule has 0 aliphatic carbocycles. The van der Waals surface area contributed by atoms with Gasteiger partial charge in [0.2, 0.25) is 0 Å². The van der Waals surface area contributed by atoms with Gasteiger partial charge in [-0.3, -0.25) is 10.1 Å². The van der Waals surface area contributed by atoms with Gasteiger partial charge in [-0.2, -0.15) is 18.3 Å². The van der Waals surface area contributed by atoms with E-state index in [1.54, 1.807) is 6.20 Å². The van der Waals surface area contributed by atoms with E-state index in [-0.39, 0.29) is 11.3 Å². The van der Waals surface area contributed by atoms with E-state index >= 15 is 0 Å². The minimum Gasteiger partial charge on any atom is -0.357 e. The summed E-state index contributed by atoms with van der Waals surface area (Å²) in [5, 5.41) is 13.1. The van der Waals surface area contributed by atoms with Crippen LogP contribution in [0.2, 0.25) is 0 Å². The molecule has 3 rings (SSSR count). The number of H-pyrrole nitrogens is 1. The highest BCUT2D eigenvalue weighted by Crippen LogP contribution is 2.31. The highest BCUT2D eigenvalue weighted by atomic mass is 19.4. The minimum absolute atomic E-state index is 0.213. The number of aromatic amines is 1. The summed E-state index contributed by atoms with van der Waals surface area (Å²) in [6, 6.07) is 4.89. The fraction of sp³-hybridized carbons (Fsp3) is 0.320. The summed E-state index contributed by atoms with van der Waals surface area (Å²) in [6.45, 7) is 14.1. The zero-order valence-electron chi connectivity index (χ0n) is 19.9. The maximum absolute atomic E-state index is 13.0. The van der Waals surface area contributed by atoms with Crippen LogP contribution in [0.1, 0.15) is 49.9 Å². The number of hydrogen-bond acceptors (Lipinski definition) is 6. The van der Waals surface area contributed by atoms with Crippen LogP contribution in [0.25, 0.3) is 11.4 Å². The summed E-state index contributed by atoms with van der Waals surface area (Å²) in [5.41, 5.74) is 1.89. The summed E-state index contributed by atoms with van der Waals surface area (Å²) in [5.74, 6) is 0.923. The molecule has 0 spiro atoms. The van der Waals surface area contributed by atoms with E-state index in [4.69, 9.17) is 0 Å². The number of hydrogen-bond donors (Lipinski definition) is 3. The molecule has 0 aromatic carbocycles. The molecule has 0 radical (unpaired) electrons. The largest absolute Gasteiger partial charge is 0.417 e. The topological polar surface area (TPSA) is 81.8 Å². The molecule has 3 heterocycles. The van der Waals surface area contributed by atoms with Crippen LogP contribution < -0.4 is 15.5 Å². The van der Waals surface area contributed by atoms with Gasteiger partial charge in [-0.15, -0.1) is 0 Å². The molecule has 0 atom stereocenters. The number of halogens is 3. The van der Waals surface area contributed by atoms with Crippen molar-refractivity contribution >= 4 is 28.6 Å². The van der Waals surface area contributed by atoms with Crippen molar-refractivity contribution in [2.75, 3.05) is 28.6 Å². The van der Waals surface area contributed by atoms with Crippen LogP contribution in [-0.4, -0.2) is 33.3 Å². The number of alkyl halides is 3. The molecule has 186 valence electrons. The van der Waals surface area contributed by atoms with E-state index in [0.29, 0.717) is 17.1 Å². The lowest BCUT2D eigenvalue weighted by molar-refractivity contribution is -0.137. The second-order valence-electron chi connectivity index (χ2n) is 8.07. The smallest absolute Gasteiger partial charge is 0.357 e. The summed E-state index contributed by atoms with van der Waals surface area (Å²) in [4.78, 5) is 10.5. The predicted molar refractivity (Wildman–Crippen MR) is 135 cm³/mol. The standard InChI is InChI=1S/C25H30F3N7/c1-5-7-11-35(10-6-2)23-9-8-21(15-30-23)32-18(4)24-22(16-31-34-24)33-17(3)19-12-20(14-29-13-19)25(26,27)28/h8-9,12-16,32-33H,3-7,10-11H2,1-2H3,(H,31,34). The Kier molecular flexibility index (Phi) is 8.51. The van der Waals surface area contributed by atoms with Crippen LogP contribution in [0.3, 0.4) is 0 Å². The zero-order chi connectivity index (χ0) is 25.4. The van der Waals surface area contributed by atoms with Crippen molar-refractivity contribution in [1.29, 1.82) is 0 Å². The first-order valence-corrected chi connectivity index (χ1v) is 11.4. The SMILES string of the molecule is C=C(Nc1cn[nH]c1C(=C)Nc1ccc(N(CCC)CCCC)nc1)c1cncc(C(F)(F)F)c1. The highest BCUT2D eigenvalue weighted by Gasteiger charge is 2.31. The first kappa shape index (κ1) is 25.8. The average molecular weight is 486 g/mol. The van der Waals surface area contributed by atoms with Gasteiger partial charge >= 0.3 is 6.18 Å². The number of anilines is 3. The molecule has 10 heteroatoms. The first-order valence-electron chi connectivity index (χ1n) is 11.4. The fourth-order valence-corrected chi connectivity index (χ4v) is 3.45. The predicted octanol–water partition coefficient (Wildman–Crippen LogP) is 6.40. The molecule has 3 aromatic heterocycles. The number of aromatic nitrogens is 4. The summed E-state index contributed by atoms with van der Waals surface area (Å²) in [6.07, 6.45) is 4.11. The highest BCUT2D eigenvalue weighted by molar-refractivity contribution is 5.84. The van der Waals surface area contributed by atoms with Crippen LogP contribution in [0.4, 0.5) is 30.4 Å². The Morgan fingerprint density at radius 1 is 1.00 bits per heavy atom. The molecule has 0 unspecified atom stereocenters. The van der Waals surface area contributed by atoms with Crippen molar-refractivity contribution in [3.05, 3.63) is 73.0 Å². The molecule has 35 heavy (non-hydrogen) atoms. The monoisotopic (exact) mass is 485 g/mol. The summed E-state index contributed by atoms with van der Waals surface area (Å²) in [7, 11) is 0. The van der Waals surface area contributed by atoms with Crippen molar-refractivity contribution in [1.82, 2.24) is 20.2 Å². The third-order valence-electron chi connectivity index (χ3n) is 5.28. The van der Waals surface area contributed by atoms with Gasteiger partial charge in [0, 0.05) is 36.7 Å². The summed E-state index contributed by atoms with van der Waals surface area (Å²) >= 11 is 0. The van der Waals surface area contributed by atoms with Gasteiger partial charge < -0.3 is 15.5 Å². The lowest BCUT2D eigenvalue weighted by Crippen LogP contribution is -2.26. The maximum Gasteiger partial charge on any atom is 0.417 e. The van der Waals surface area contributed by atoms with Gasteiger partial charge in [-0.25, -0.2) is 4.98 Å². The lowest BCUT2D eigenvalue weighted by atomic mass is 10.1. The van der Waals surface area contributed by atoms with E-state index in [0.717, 1.165) is 56.1 Å². The van der Waals surface area contributed by atoms with E-state index < -0.39 is 11.7 Å². The molecule has 7 nitrogen and oxygen atoms in total. The second kappa shape index (κ2) is 11.5. The maximum atomic E-state index is 13.0. The Bertz CT molecular complexity index is 1140. The van der Waals surface area contributed by atoms with Gasteiger partial charge in [-0.1, -0.05) is 33.4 Å². The average Bonchev–Trinajstić information content (AvgIpc) is 3.30. The first-order chi connectivity index (χ1) is 16.7. The van der Waals surface area contributed by atoms with Gasteiger partial charge in [0.1, 0.15) is 11.5 Å². The van der Waals surface area contributed by atoms with Crippen LogP contribution in [0, 0.1) is 0 Å². The van der Waals surface area contributed by atoms with Gasteiger partial charge in [0.05, 0.1) is 35.0 Å². The number of rotatable bonds is 12. The normalized spacial score (nSPS) is 11.2. The second-order valence-corrected chi connectivity index (χ2v) is 8.07. The Balaban J connectivity index is 1.68. The molecule has 0 aliphatic rings. The van der Waals surface area contributed by atoms with Crippen LogP contribution in [0.5, 0.6) is 0 Å². The lowest BCUT2D eigenvalue weighted by Gasteiger charge is -2.23. The molecule has 0 saturated heterocycles. The minimum atomic E-state index is -4.49. The molecule has 0 fully saturated rings. The van der Waals surface area contributed by atoms with E-state index in [2.05, 4.69) is 62.7 Å². The molecule has 3 aromatic rings. The van der Waals surface area contributed by atoms with Gasteiger partial charge in [0.25, 0.3) is 0 Å². The number of nitrogens with one attached hydrogen (secondary N) is 3. The van der Waals surface area contributed by atoms with Gasteiger partial charge in [0.15, 0.2) is 0 Å². The quantitative estimate of drug-likeness (QED) is 0.275. The van der Waals surface area contributed by atoms with E-state index in [1.165, 1.54) is 12.4 Å². The molecule has 0 saturated carbocycles. The third-order valence-corrected chi connectivity index (χ3v) is 5.28. The number of nitrogens with zero attached hydrogens (tertiary/aromatic N) is 4. The van der Waals surface area contributed by atoms with Crippen molar-refractivity contribution < 1.29 is 13.2 Å². The van der Waals surface area contributed by atoms with Crippen LogP contribution in [-0.2, 0) is 6.18 Å². The Morgan fingerprint density at radius 2 is 1.80 bits per heavy atom. The third kappa shape index (κ3) is 6.84. The Labute approximate surface area is 203 Å². The summed E-state index contributed by atoms with van der Waals surface area (Å²) < 4.78 is 39.0. The Morgan fingerprint density at radius 3 is 2.46 bits per heavy atom. The molecule has 0 amide bonds. The fourth-order valence-electron chi connectivity index (χ4n) is 3.45. The molecule has 3 N–H and O–H groups in total. The van der Waals surface area contributed by atoms with E-state index in [1.807, 2.05) is 12.1 Å². The number of unbranched alkanes of at least 4 members (excludes halogenated alkanes) is 1. The van der Waals surface area contributed by atoms with Crippen molar-refractivity contribution in [3.8, 4) is 0 Å².